The highest BCUT2D eigenvalue weighted by molar-refractivity contribution is 7.99. The lowest BCUT2D eigenvalue weighted by atomic mass is 9.97. The van der Waals surface area contributed by atoms with Gasteiger partial charge in [0.15, 0.2) is 5.78 Å². The molecule has 2 heterocycles. The molecule has 2 aromatic rings. The van der Waals surface area contributed by atoms with Crippen LogP contribution in [0.3, 0.4) is 0 Å². The molecule has 0 spiro atoms. The Bertz CT molecular complexity index is 861. The van der Waals surface area contributed by atoms with E-state index >= 15 is 0 Å². The quantitative estimate of drug-likeness (QED) is 0.632. The number of aromatic hydroxyl groups is 1. The van der Waals surface area contributed by atoms with Gasteiger partial charge in [0, 0.05) is 23.4 Å². The van der Waals surface area contributed by atoms with Gasteiger partial charge in [-0.1, -0.05) is 0 Å². The number of carbonyl (C=O) groups excluding carboxylic acids is 2. The molecule has 0 amide bonds. The summed E-state index contributed by atoms with van der Waals surface area (Å²) in [5.74, 6) is 0.0192. The van der Waals surface area contributed by atoms with Crippen LogP contribution in [-0.2, 0) is 6.54 Å². The van der Waals surface area contributed by atoms with Crippen molar-refractivity contribution < 1.29 is 19.4 Å². The van der Waals surface area contributed by atoms with Crippen LogP contribution in [0.1, 0.15) is 39.6 Å². The first-order valence-corrected chi connectivity index (χ1v) is 10.2. The van der Waals surface area contributed by atoms with E-state index in [0.717, 1.165) is 4.90 Å². The van der Waals surface area contributed by atoms with Crippen molar-refractivity contribution >= 4 is 35.1 Å². The molecule has 1 aromatic heterocycles. The summed E-state index contributed by atoms with van der Waals surface area (Å²) in [6, 6.07) is 1.74. The second-order valence-electron chi connectivity index (χ2n) is 5.41. The van der Waals surface area contributed by atoms with Crippen LogP contribution >= 0.6 is 23.5 Å². The Morgan fingerprint density at radius 3 is 2.72 bits per heavy atom. The Morgan fingerprint density at radius 2 is 2.12 bits per heavy atom. The Labute approximate surface area is 153 Å². The van der Waals surface area contributed by atoms with Crippen molar-refractivity contribution in [2.24, 2.45) is 0 Å². The molecule has 0 aliphatic carbocycles. The molecule has 6 nitrogen and oxygen atoms in total. The van der Waals surface area contributed by atoms with Gasteiger partial charge in [0.1, 0.15) is 11.3 Å². The molecule has 1 N–H and O–H groups in total. The maximum atomic E-state index is 13.0. The highest BCUT2D eigenvalue weighted by Gasteiger charge is 2.30. The molecule has 3 rings (SSSR count). The van der Waals surface area contributed by atoms with Crippen molar-refractivity contribution in [2.45, 2.75) is 29.7 Å². The molecule has 0 atom stereocenters. The molecule has 1 aromatic carbocycles. The molecule has 0 radical (unpaired) electrons. The third kappa shape index (κ3) is 2.93. The second-order valence-corrected chi connectivity index (χ2v) is 7.08. The van der Waals surface area contributed by atoms with Crippen LogP contribution in [0.15, 0.2) is 22.1 Å². The van der Waals surface area contributed by atoms with E-state index in [2.05, 4.69) is 5.10 Å². The zero-order chi connectivity index (χ0) is 18.1. The largest absolute Gasteiger partial charge is 0.493 e. The fraction of sp³-hybridized carbons (Fsp3) is 0.353. The first kappa shape index (κ1) is 17.9. The molecule has 0 saturated carbocycles. The Morgan fingerprint density at radius 1 is 1.36 bits per heavy atom. The number of Topliss-reactive ketones (excluding diaryl/α,β-unsaturated/α-hetero) is 1. The molecule has 0 unspecified atom stereocenters. The van der Waals surface area contributed by atoms with E-state index in [1.165, 1.54) is 34.4 Å². The van der Waals surface area contributed by atoms with E-state index in [9.17, 15) is 14.7 Å². The highest BCUT2D eigenvalue weighted by atomic mass is 32.2. The van der Waals surface area contributed by atoms with Gasteiger partial charge in [-0.15, -0.1) is 23.5 Å². The lowest BCUT2D eigenvalue weighted by molar-refractivity contribution is 0.0926. The van der Waals surface area contributed by atoms with E-state index < -0.39 is 0 Å². The number of aromatic nitrogens is 2. The summed E-state index contributed by atoms with van der Waals surface area (Å²) >= 11 is 2.76. The summed E-state index contributed by atoms with van der Waals surface area (Å²) in [5, 5.41) is 14.2. The molecule has 1 aliphatic rings. The van der Waals surface area contributed by atoms with Gasteiger partial charge >= 0.3 is 0 Å². The van der Waals surface area contributed by atoms with Crippen LogP contribution in [0.5, 0.6) is 11.6 Å². The SMILES string of the molecule is CCn1ncc(C(=O)c2cc(SC)c3c(c2SC)C(=O)CCO3)c1O. The Balaban J connectivity index is 2.21. The van der Waals surface area contributed by atoms with Crippen LogP contribution in [0.25, 0.3) is 0 Å². The predicted molar refractivity (Wildman–Crippen MR) is 97.4 cm³/mol. The van der Waals surface area contributed by atoms with Gasteiger partial charge in [-0.05, 0) is 25.5 Å². The molecule has 1 aliphatic heterocycles. The number of rotatable bonds is 5. The summed E-state index contributed by atoms with van der Waals surface area (Å²) in [6.45, 7) is 2.64. The fourth-order valence-corrected chi connectivity index (χ4v) is 4.20. The van der Waals surface area contributed by atoms with Gasteiger partial charge in [-0.2, -0.15) is 5.10 Å². The monoisotopic (exact) mass is 378 g/mol. The second kappa shape index (κ2) is 7.13. The zero-order valence-corrected chi connectivity index (χ0v) is 15.8. The minimum atomic E-state index is -0.349. The number of ketones is 2. The molecule has 0 saturated heterocycles. The molecule has 25 heavy (non-hydrogen) atoms. The van der Waals surface area contributed by atoms with E-state index in [4.69, 9.17) is 4.74 Å². The van der Waals surface area contributed by atoms with E-state index in [0.29, 0.717) is 41.3 Å². The lowest BCUT2D eigenvalue weighted by Crippen LogP contribution is -2.19. The zero-order valence-electron chi connectivity index (χ0n) is 14.2. The number of hydrogen-bond acceptors (Lipinski definition) is 7. The van der Waals surface area contributed by atoms with Crippen LogP contribution in [0, 0.1) is 0 Å². The highest BCUT2D eigenvalue weighted by Crippen LogP contribution is 2.43. The van der Waals surface area contributed by atoms with Crippen molar-refractivity contribution in [3.8, 4) is 11.6 Å². The average Bonchev–Trinajstić information content (AvgIpc) is 3.00. The summed E-state index contributed by atoms with van der Waals surface area (Å²) in [5.41, 5.74) is 0.991. The van der Waals surface area contributed by atoms with Crippen molar-refractivity contribution in [1.29, 1.82) is 0 Å². The Hall–Kier alpha value is -1.93. The number of aryl methyl sites for hydroxylation is 1. The minimum absolute atomic E-state index is 0.0241. The molecule has 8 heteroatoms. The molecular formula is C17H18N2O4S2. The summed E-state index contributed by atoms with van der Waals surface area (Å²) < 4.78 is 7.07. The van der Waals surface area contributed by atoms with Crippen LogP contribution in [0.4, 0.5) is 0 Å². The lowest BCUT2D eigenvalue weighted by Gasteiger charge is -2.23. The van der Waals surface area contributed by atoms with Crippen molar-refractivity contribution in [2.75, 3.05) is 19.1 Å². The maximum Gasteiger partial charge on any atom is 0.220 e. The van der Waals surface area contributed by atoms with Crippen molar-refractivity contribution in [1.82, 2.24) is 9.78 Å². The number of ether oxygens (including phenoxy) is 1. The summed E-state index contributed by atoms with van der Waals surface area (Å²) in [7, 11) is 0. The van der Waals surface area contributed by atoms with E-state index in [1.807, 2.05) is 19.4 Å². The maximum absolute atomic E-state index is 13.0. The van der Waals surface area contributed by atoms with E-state index in [1.54, 1.807) is 6.07 Å². The van der Waals surface area contributed by atoms with Gasteiger partial charge < -0.3 is 9.84 Å². The van der Waals surface area contributed by atoms with Crippen molar-refractivity contribution in [3.63, 3.8) is 0 Å². The Kier molecular flexibility index (Phi) is 5.10. The van der Waals surface area contributed by atoms with Crippen LogP contribution in [0.2, 0.25) is 0 Å². The van der Waals surface area contributed by atoms with Gasteiger partial charge in [0.05, 0.1) is 23.3 Å². The molecular weight excluding hydrogens is 360 g/mol. The topological polar surface area (TPSA) is 81.4 Å². The summed E-state index contributed by atoms with van der Waals surface area (Å²) in [6.07, 6.45) is 5.35. The van der Waals surface area contributed by atoms with Gasteiger partial charge in [0.2, 0.25) is 11.7 Å². The van der Waals surface area contributed by atoms with Crippen molar-refractivity contribution in [3.05, 3.63) is 29.0 Å². The number of fused-ring (bicyclic) bond motifs is 1. The number of carbonyl (C=O) groups is 2. The third-order valence-electron chi connectivity index (χ3n) is 4.08. The number of hydrogen-bond donors (Lipinski definition) is 1. The van der Waals surface area contributed by atoms with Gasteiger partial charge in [-0.25, -0.2) is 4.68 Å². The molecule has 132 valence electrons. The standard InChI is InChI=1S/C17H18N2O4S2/c1-4-19-17(22)10(8-18-19)14(21)9-7-12(24-2)15-13(16(9)25-3)11(20)5-6-23-15/h7-8,22H,4-6H2,1-3H3. The normalized spacial score (nSPS) is 13.5. The predicted octanol–water partition coefficient (Wildman–Crippen LogP) is 3.25. The van der Waals surface area contributed by atoms with Gasteiger partial charge in [0.25, 0.3) is 0 Å². The van der Waals surface area contributed by atoms with E-state index in [-0.39, 0.29) is 23.0 Å². The molecule has 0 fully saturated rings. The fourth-order valence-electron chi connectivity index (χ4n) is 2.84. The number of thioether (sulfide) groups is 2. The van der Waals surface area contributed by atoms with Crippen LogP contribution in [-0.4, -0.2) is 45.6 Å². The minimum Gasteiger partial charge on any atom is -0.493 e. The third-order valence-corrected chi connectivity index (χ3v) is 5.65. The number of benzene rings is 1. The van der Waals surface area contributed by atoms with Crippen LogP contribution < -0.4 is 4.74 Å². The average molecular weight is 378 g/mol. The number of nitrogens with zero attached hydrogens (tertiary/aromatic N) is 2. The summed E-state index contributed by atoms with van der Waals surface area (Å²) in [4.78, 5) is 26.9. The molecule has 0 bridgehead atoms. The van der Waals surface area contributed by atoms with Gasteiger partial charge in [-0.3, -0.25) is 9.59 Å². The first-order valence-electron chi connectivity index (χ1n) is 7.77. The smallest absolute Gasteiger partial charge is 0.220 e. The first-order chi connectivity index (χ1) is 12.0.